The Morgan fingerprint density at radius 3 is 2.50 bits per heavy atom. The van der Waals surface area contributed by atoms with Gasteiger partial charge in [-0.3, -0.25) is 4.98 Å². The summed E-state index contributed by atoms with van der Waals surface area (Å²) in [6, 6.07) is 7.53. The summed E-state index contributed by atoms with van der Waals surface area (Å²) in [5, 5.41) is 1.08. The largest absolute Gasteiger partial charge is 0.350 e. The number of hydrogen-bond acceptors (Lipinski definition) is 3. The van der Waals surface area contributed by atoms with E-state index in [0.29, 0.717) is 22.4 Å². The smallest absolute Gasteiger partial charge is 0.150 e. The number of hydrogen-bond donors (Lipinski definition) is 0. The van der Waals surface area contributed by atoms with Crippen LogP contribution in [0.4, 0.5) is 5.82 Å². The Labute approximate surface area is 133 Å². The Morgan fingerprint density at radius 2 is 1.85 bits per heavy atom. The normalized spacial score (nSPS) is 10.7. The fourth-order valence-corrected chi connectivity index (χ4v) is 2.49. The molecule has 0 fully saturated rings. The van der Waals surface area contributed by atoms with Crippen molar-refractivity contribution in [2.24, 2.45) is 0 Å². The lowest BCUT2D eigenvalue weighted by Gasteiger charge is -2.23. The van der Waals surface area contributed by atoms with E-state index in [9.17, 15) is 0 Å². The van der Waals surface area contributed by atoms with Gasteiger partial charge in [0, 0.05) is 12.2 Å². The molecule has 0 N–H and O–H groups in total. The molecular formula is C14H14Cl3N3. The molecule has 0 radical (unpaired) electrons. The van der Waals surface area contributed by atoms with Gasteiger partial charge in [-0.05, 0) is 32.0 Å². The van der Waals surface area contributed by atoms with E-state index in [1.54, 1.807) is 6.07 Å². The first-order valence-corrected chi connectivity index (χ1v) is 7.33. The second-order valence-electron chi connectivity index (χ2n) is 4.35. The topological polar surface area (TPSA) is 29.0 Å². The molecule has 2 aromatic heterocycles. The zero-order valence-electron chi connectivity index (χ0n) is 11.2. The molecule has 3 nitrogen and oxygen atoms in total. The van der Waals surface area contributed by atoms with Gasteiger partial charge in [-0.2, -0.15) is 0 Å². The molecule has 0 aliphatic carbocycles. The first-order valence-electron chi connectivity index (χ1n) is 6.20. The van der Waals surface area contributed by atoms with Crippen LogP contribution in [0, 0.1) is 6.92 Å². The third-order valence-electron chi connectivity index (χ3n) is 2.85. The molecule has 0 bridgehead atoms. The van der Waals surface area contributed by atoms with Gasteiger partial charge in [-0.25, -0.2) is 4.98 Å². The van der Waals surface area contributed by atoms with E-state index in [1.165, 1.54) is 0 Å². The number of halogens is 3. The van der Waals surface area contributed by atoms with Crippen molar-refractivity contribution in [3.63, 3.8) is 0 Å². The highest BCUT2D eigenvalue weighted by Crippen LogP contribution is 2.31. The fraction of sp³-hybridized carbons (Fsp3) is 0.286. The molecule has 0 amide bonds. The Hall–Kier alpha value is -1.03. The predicted octanol–water partition coefficient (Wildman–Crippen LogP) is 4.77. The van der Waals surface area contributed by atoms with Crippen molar-refractivity contribution >= 4 is 40.6 Å². The zero-order valence-corrected chi connectivity index (χ0v) is 13.5. The number of anilines is 1. The van der Waals surface area contributed by atoms with Crippen LogP contribution < -0.4 is 4.90 Å². The average molecular weight is 331 g/mol. The highest BCUT2D eigenvalue weighted by Gasteiger charge is 2.14. The van der Waals surface area contributed by atoms with Crippen molar-refractivity contribution in [2.45, 2.75) is 20.4 Å². The van der Waals surface area contributed by atoms with E-state index in [4.69, 9.17) is 34.8 Å². The number of pyridine rings is 2. The van der Waals surface area contributed by atoms with Gasteiger partial charge in [0.2, 0.25) is 0 Å². The molecule has 2 aromatic rings. The lowest BCUT2D eigenvalue weighted by Crippen LogP contribution is -2.24. The molecule has 0 saturated carbocycles. The maximum absolute atomic E-state index is 6.20. The van der Waals surface area contributed by atoms with Crippen molar-refractivity contribution in [1.82, 2.24) is 9.97 Å². The molecule has 0 saturated heterocycles. The summed E-state index contributed by atoms with van der Waals surface area (Å²) in [5.74, 6) is 0.617. The SMILES string of the molecule is CCN(Cc1cccc(C)n1)c1nc(Cl)c(Cl)cc1Cl. The second kappa shape index (κ2) is 6.61. The van der Waals surface area contributed by atoms with E-state index < -0.39 is 0 Å². The van der Waals surface area contributed by atoms with Gasteiger partial charge in [0.1, 0.15) is 11.0 Å². The molecule has 2 rings (SSSR count). The average Bonchev–Trinajstić information content (AvgIpc) is 2.40. The van der Waals surface area contributed by atoms with Crippen LogP contribution in [0.5, 0.6) is 0 Å². The minimum Gasteiger partial charge on any atom is -0.350 e. The van der Waals surface area contributed by atoms with Crippen LogP contribution in [0.15, 0.2) is 24.3 Å². The lowest BCUT2D eigenvalue weighted by molar-refractivity contribution is 0.791. The van der Waals surface area contributed by atoms with Gasteiger partial charge in [0.25, 0.3) is 0 Å². The van der Waals surface area contributed by atoms with Gasteiger partial charge in [-0.15, -0.1) is 0 Å². The van der Waals surface area contributed by atoms with Crippen molar-refractivity contribution in [3.8, 4) is 0 Å². The molecule has 0 spiro atoms. The van der Waals surface area contributed by atoms with Crippen LogP contribution in [-0.4, -0.2) is 16.5 Å². The quantitative estimate of drug-likeness (QED) is 0.756. The number of rotatable bonds is 4. The standard InChI is InChI=1S/C14H14Cl3N3/c1-3-20(8-10-6-4-5-9(2)18-10)14-12(16)7-11(15)13(17)19-14/h4-7H,3,8H2,1-2H3. The molecule has 0 aliphatic heterocycles. The van der Waals surface area contributed by atoms with Crippen molar-refractivity contribution in [1.29, 1.82) is 0 Å². The maximum atomic E-state index is 6.20. The van der Waals surface area contributed by atoms with Gasteiger partial charge in [0.05, 0.1) is 22.3 Å². The van der Waals surface area contributed by atoms with Crippen LogP contribution in [0.1, 0.15) is 18.3 Å². The summed E-state index contributed by atoms with van der Waals surface area (Å²) in [6.45, 7) is 5.34. The zero-order chi connectivity index (χ0) is 14.7. The lowest BCUT2D eigenvalue weighted by atomic mass is 10.3. The number of nitrogens with zero attached hydrogens (tertiary/aromatic N) is 3. The summed E-state index contributed by atoms with van der Waals surface area (Å²) in [7, 11) is 0. The van der Waals surface area contributed by atoms with Crippen LogP contribution in [0.2, 0.25) is 15.2 Å². The first-order chi connectivity index (χ1) is 9.51. The number of aryl methyl sites for hydroxylation is 1. The van der Waals surface area contributed by atoms with Crippen molar-refractivity contribution in [2.75, 3.05) is 11.4 Å². The third-order valence-corrected chi connectivity index (χ3v) is 3.80. The summed E-state index contributed by atoms with van der Waals surface area (Å²) in [4.78, 5) is 10.8. The molecule has 2 heterocycles. The maximum Gasteiger partial charge on any atom is 0.150 e. The van der Waals surface area contributed by atoms with E-state index in [0.717, 1.165) is 17.9 Å². The van der Waals surface area contributed by atoms with E-state index in [-0.39, 0.29) is 5.15 Å². The second-order valence-corrected chi connectivity index (χ2v) is 5.52. The van der Waals surface area contributed by atoms with Gasteiger partial charge in [0.15, 0.2) is 0 Å². The molecular weight excluding hydrogens is 317 g/mol. The Bertz CT molecular complexity index is 617. The van der Waals surface area contributed by atoms with Gasteiger partial charge in [-0.1, -0.05) is 40.9 Å². The Balaban J connectivity index is 2.31. The summed E-state index contributed by atoms with van der Waals surface area (Å²) in [5.41, 5.74) is 1.93. The predicted molar refractivity (Wildman–Crippen MR) is 85.0 cm³/mol. The molecule has 0 atom stereocenters. The molecule has 0 aromatic carbocycles. The first kappa shape index (κ1) is 15.4. The minimum absolute atomic E-state index is 0.252. The summed E-state index contributed by atoms with van der Waals surface area (Å²) in [6.07, 6.45) is 0. The van der Waals surface area contributed by atoms with Crippen LogP contribution in [-0.2, 0) is 6.54 Å². The van der Waals surface area contributed by atoms with Crippen LogP contribution in [0.25, 0.3) is 0 Å². The minimum atomic E-state index is 0.252. The highest BCUT2D eigenvalue weighted by molar-refractivity contribution is 6.42. The molecule has 6 heteroatoms. The van der Waals surface area contributed by atoms with E-state index in [2.05, 4.69) is 9.97 Å². The van der Waals surface area contributed by atoms with Gasteiger partial charge >= 0.3 is 0 Å². The third kappa shape index (κ3) is 3.54. The number of aromatic nitrogens is 2. The Kier molecular flexibility index (Phi) is 5.08. The summed E-state index contributed by atoms with van der Waals surface area (Å²) < 4.78 is 0. The molecule has 0 unspecified atom stereocenters. The molecule has 20 heavy (non-hydrogen) atoms. The van der Waals surface area contributed by atoms with Gasteiger partial charge < -0.3 is 4.90 Å². The van der Waals surface area contributed by atoms with E-state index >= 15 is 0 Å². The van der Waals surface area contributed by atoms with Crippen LogP contribution in [0.3, 0.4) is 0 Å². The van der Waals surface area contributed by atoms with Crippen molar-refractivity contribution in [3.05, 3.63) is 50.9 Å². The molecule has 106 valence electrons. The molecule has 0 aliphatic rings. The monoisotopic (exact) mass is 329 g/mol. The highest BCUT2D eigenvalue weighted by atomic mass is 35.5. The van der Waals surface area contributed by atoms with E-state index in [1.807, 2.05) is 36.9 Å². The summed E-state index contributed by atoms with van der Waals surface area (Å²) >= 11 is 18.1. The van der Waals surface area contributed by atoms with Crippen LogP contribution >= 0.6 is 34.8 Å². The Morgan fingerprint density at radius 1 is 1.10 bits per heavy atom. The van der Waals surface area contributed by atoms with Crippen molar-refractivity contribution < 1.29 is 0 Å². The fourth-order valence-electron chi connectivity index (χ4n) is 1.88.